The number of carbonyl (C=O) groups is 2. The Morgan fingerprint density at radius 1 is 0.963 bits per heavy atom. The lowest BCUT2D eigenvalue weighted by Crippen LogP contribution is -2.46. The maximum absolute atomic E-state index is 12.7. The first kappa shape index (κ1) is 20.9. The number of benzene rings is 2. The van der Waals surface area contributed by atoms with E-state index in [4.69, 9.17) is 10.5 Å². The van der Waals surface area contributed by atoms with Crippen molar-refractivity contribution in [2.45, 2.75) is 12.8 Å². The fraction of sp³-hybridized carbons (Fsp3) is 0.300. The van der Waals surface area contributed by atoms with E-state index in [-0.39, 0.29) is 30.8 Å². The zero-order valence-corrected chi connectivity index (χ0v) is 15.8. The molecule has 0 saturated carbocycles. The Morgan fingerprint density at radius 2 is 1.59 bits per heavy atom. The number of halogens is 1. The summed E-state index contributed by atoms with van der Waals surface area (Å²) in [5.74, 6) is -0.299. The number of nitrogens with one attached hydrogen (secondary N) is 2. The second-order valence-electron chi connectivity index (χ2n) is 6.45. The summed E-state index contributed by atoms with van der Waals surface area (Å²) in [5.41, 5.74) is 7.10. The third-order valence-electron chi connectivity index (χ3n) is 4.74. The highest BCUT2D eigenvalue weighted by Gasteiger charge is 2.38. The molecule has 1 aliphatic heterocycles. The molecule has 0 bridgehead atoms. The molecular formula is C20H24ClN3O3. The van der Waals surface area contributed by atoms with Gasteiger partial charge in [-0.25, -0.2) is 0 Å². The average Bonchev–Trinajstić information content (AvgIpc) is 2.69. The van der Waals surface area contributed by atoms with E-state index in [0.717, 1.165) is 0 Å². The van der Waals surface area contributed by atoms with E-state index in [9.17, 15) is 9.59 Å². The number of hydrogen-bond donors (Lipinski definition) is 3. The lowest BCUT2D eigenvalue weighted by molar-refractivity contribution is -0.130. The van der Waals surface area contributed by atoms with Gasteiger partial charge < -0.3 is 21.1 Å². The molecule has 2 aromatic carbocycles. The number of amides is 2. The standard InChI is InChI=1S/C20H23N3O3.ClH/c21-14-20(9-11-26-12-10-20)19(25)23-17-8-4-7-16(13-17)22-18(24)15-5-2-1-3-6-15;/h1-8,13H,9-12,14,21H2,(H,22,24)(H,23,25);1H. The minimum Gasteiger partial charge on any atom is -0.381 e. The van der Waals surface area contributed by atoms with Gasteiger partial charge in [-0.2, -0.15) is 0 Å². The van der Waals surface area contributed by atoms with Gasteiger partial charge in [0, 0.05) is 36.7 Å². The molecule has 1 saturated heterocycles. The summed E-state index contributed by atoms with van der Waals surface area (Å²) in [6.07, 6.45) is 1.22. The van der Waals surface area contributed by atoms with Crippen LogP contribution in [0.2, 0.25) is 0 Å². The van der Waals surface area contributed by atoms with Crippen LogP contribution in [0.15, 0.2) is 54.6 Å². The van der Waals surface area contributed by atoms with Gasteiger partial charge >= 0.3 is 0 Å². The lowest BCUT2D eigenvalue weighted by atomic mass is 9.79. The molecule has 0 aliphatic carbocycles. The zero-order chi connectivity index (χ0) is 18.4. The van der Waals surface area contributed by atoms with Crippen LogP contribution in [-0.2, 0) is 9.53 Å². The van der Waals surface area contributed by atoms with Crippen molar-refractivity contribution in [1.82, 2.24) is 0 Å². The molecule has 144 valence electrons. The van der Waals surface area contributed by atoms with E-state index < -0.39 is 5.41 Å². The van der Waals surface area contributed by atoms with Crippen LogP contribution in [0.25, 0.3) is 0 Å². The first-order valence-corrected chi connectivity index (χ1v) is 8.69. The molecule has 0 unspecified atom stereocenters. The smallest absolute Gasteiger partial charge is 0.255 e. The molecule has 1 fully saturated rings. The maximum atomic E-state index is 12.7. The quantitative estimate of drug-likeness (QED) is 0.732. The number of carbonyl (C=O) groups excluding carboxylic acids is 2. The van der Waals surface area contributed by atoms with Gasteiger partial charge in [0.15, 0.2) is 0 Å². The third-order valence-corrected chi connectivity index (χ3v) is 4.74. The van der Waals surface area contributed by atoms with E-state index >= 15 is 0 Å². The van der Waals surface area contributed by atoms with Crippen molar-refractivity contribution in [1.29, 1.82) is 0 Å². The Morgan fingerprint density at radius 3 is 2.22 bits per heavy atom. The maximum Gasteiger partial charge on any atom is 0.255 e. The fourth-order valence-electron chi connectivity index (χ4n) is 3.02. The third kappa shape index (κ3) is 5.07. The fourth-order valence-corrected chi connectivity index (χ4v) is 3.02. The molecule has 0 atom stereocenters. The molecule has 0 spiro atoms. The molecule has 1 heterocycles. The van der Waals surface area contributed by atoms with Crippen LogP contribution >= 0.6 is 12.4 Å². The average molecular weight is 390 g/mol. The van der Waals surface area contributed by atoms with Gasteiger partial charge in [-0.1, -0.05) is 24.3 Å². The Bertz CT molecular complexity index is 777. The van der Waals surface area contributed by atoms with E-state index in [1.54, 1.807) is 36.4 Å². The van der Waals surface area contributed by atoms with Crippen LogP contribution in [0.4, 0.5) is 11.4 Å². The van der Waals surface area contributed by atoms with Crippen molar-refractivity contribution >= 4 is 35.6 Å². The Balaban J connectivity index is 0.00000261. The summed E-state index contributed by atoms with van der Waals surface area (Å²) in [4.78, 5) is 25.0. The highest BCUT2D eigenvalue weighted by Crippen LogP contribution is 2.31. The molecule has 2 amide bonds. The van der Waals surface area contributed by atoms with E-state index in [1.165, 1.54) is 0 Å². The summed E-state index contributed by atoms with van der Waals surface area (Å²) in [6, 6.07) is 16.1. The number of nitrogens with two attached hydrogens (primary N) is 1. The lowest BCUT2D eigenvalue weighted by Gasteiger charge is -2.34. The van der Waals surface area contributed by atoms with Crippen LogP contribution < -0.4 is 16.4 Å². The molecule has 0 radical (unpaired) electrons. The molecule has 27 heavy (non-hydrogen) atoms. The molecule has 2 aromatic rings. The second kappa shape index (κ2) is 9.50. The van der Waals surface area contributed by atoms with Crippen LogP contribution in [0, 0.1) is 5.41 Å². The highest BCUT2D eigenvalue weighted by atomic mass is 35.5. The van der Waals surface area contributed by atoms with Gasteiger partial charge in [-0.15, -0.1) is 12.4 Å². The summed E-state index contributed by atoms with van der Waals surface area (Å²) in [6.45, 7) is 1.36. The SMILES string of the molecule is Cl.NCC1(C(=O)Nc2cccc(NC(=O)c3ccccc3)c2)CCOCC1. The Labute approximate surface area is 164 Å². The Kier molecular flexibility index (Phi) is 7.36. The first-order chi connectivity index (χ1) is 12.6. The van der Waals surface area contributed by atoms with E-state index in [0.29, 0.717) is 43.0 Å². The van der Waals surface area contributed by atoms with E-state index in [1.807, 2.05) is 18.2 Å². The molecule has 1 aliphatic rings. The number of rotatable bonds is 5. The van der Waals surface area contributed by atoms with Gasteiger partial charge in [-0.3, -0.25) is 9.59 Å². The normalized spacial score (nSPS) is 15.3. The molecule has 4 N–H and O–H groups in total. The summed E-state index contributed by atoms with van der Waals surface area (Å²) < 4.78 is 5.35. The largest absolute Gasteiger partial charge is 0.381 e. The second-order valence-corrected chi connectivity index (χ2v) is 6.45. The van der Waals surface area contributed by atoms with Gasteiger partial charge in [0.2, 0.25) is 5.91 Å². The summed E-state index contributed by atoms with van der Waals surface area (Å²) >= 11 is 0. The first-order valence-electron chi connectivity index (χ1n) is 8.69. The van der Waals surface area contributed by atoms with Crippen LogP contribution in [0.5, 0.6) is 0 Å². The van der Waals surface area contributed by atoms with Crippen LogP contribution in [0.1, 0.15) is 23.2 Å². The van der Waals surface area contributed by atoms with Crippen molar-refractivity contribution in [2.24, 2.45) is 11.1 Å². The van der Waals surface area contributed by atoms with E-state index in [2.05, 4.69) is 10.6 Å². The monoisotopic (exact) mass is 389 g/mol. The number of hydrogen-bond acceptors (Lipinski definition) is 4. The topological polar surface area (TPSA) is 93.5 Å². The van der Waals surface area contributed by atoms with Gasteiger partial charge in [0.05, 0.1) is 5.41 Å². The zero-order valence-electron chi connectivity index (χ0n) is 14.9. The van der Waals surface area contributed by atoms with Crippen LogP contribution in [-0.4, -0.2) is 31.6 Å². The van der Waals surface area contributed by atoms with Crippen molar-refractivity contribution in [3.8, 4) is 0 Å². The number of ether oxygens (including phenoxy) is 1. The summed E-state index contributed by atoms with van der Waals surface area (Å²) in [7, 11) is 0. The molecule has 6 nitrogen and oxygen atoms in total. The van der Waals surface area contributed by atoms with Crippen molar-refractivity contribution in [3.63, 3.8) is 0 Å². The molecule has 7 heteroatoms. The van der Waals surface area contributed by atoms with Crippen molar-refractivity contribution < 1.29 is 14.3 Å². The van der Waals surface area contributed by atoms with Gasteiger partial charge in [0.25, 0.3) is 5.91 Å². The van der Waals surface area contributed by atoms with Crippen molar-refractivity contribution in [2.75, 3.05) is 30.4 Å². The van der Waals surface area contributed by atoms with Gasteiger partial charge in [0.1, 0.15) is 0 Å². The molecule has 0 aromatic heterocycles. The Hall–Kier alpha value is -2.41. The molecular weight excluding hydrogens is 366 g/mol. The highest BCUT2D eigenvalue weighted by molar-refractivity contribution is 6.04. The van der Waals surface area contributed by atoms with Gasteiger partial charge in [-0.05, 0) is 43.2 Å². The van der Waals surface area contributed by atoms with Crippen molar-refractivity contribution in [3.05, 3.63) is 60.2 Å². The predicted molar refractivity (Wildman–Crippen MR) is 108 cm³/mol. The predicted octanol–water partition coefficient (Wildman–Crippen LogP) is 3.05. The minimum absolute atomic E-state index is 0. The summed E-state index contributed by atoms with van der Waals surface area (Å²) in [5, 5.41) is 5.77. The molecule has 3 rings (SSSR count). The van der Waals surface area contributed by atoms with Crippen LogP contribution in [0.3, 0.4) is 0 Å². The number of anilines is 2. The minimum atomic E-state index is -0.596.